The van der Waals surface area contributed by atoms with Gasteiger partial charge in [0.2, 0.25) is 5.91 Å². The maximum Gasteiger partial charge on any atom is 0.227 e. The number of piperidine rings is 1. The third-order valence-corrected chi connectivity index (χ3v) is 3.98. The van der Waals surface area contributed by atoms with E-state index in [0.29, 0.717) is 12.5 Å². The van der Waals surface area contributed by atoms with Crippen LogP contribution in [0.1, 0.15) is 18.4 Å². The highest BCUT2D eigenvalue weighted by Crippen LogP contribution is 2.14. The van der Waals surface area contributed by atoms with E-state index in [4.69, 9.17) is 0 Å². The van der Waals surface area contributed by atoms with E-state index < -0.39 is 0 Å². The molecule has 1 N–H and O–H groups in total. The number of carbonyl (C=O) groups is 1. The van der Waals surface area contributed by atoms with Gasteiger partial charge in [0.25, 0.3) is 0 Å². The van der Waals surface area contributed by atoms with Crippen molar-refractivity contribution in [2.75, 3.05) is 20.1 Å². The van der Waals surface area contributed by atoms with Gasteiger partial charge in [-0.15, -0.1) is 12.4 Å². The SMILES string of the molecule is CNC1CCCN(C(=O)Cc2ccc(Br)cc2)C1.Cl. The zero-order valence-corrected chi connectivity index (χ0v) is 13.5. The van der Waals surface area contributed by atoms with Crippen molar-refractivity contribution >= 4 is 34.2 Å². The molecule has 106 valence electrons. The summed E-state index contributed by atoms with van der Waals surface area (Å²) in [6, 6.07) is 8.42. The van der Waals surface area contributed by atoms with Crippen LogP contribution in [0.15, 0.2) is 28.7 Å². The summed E-state index contributed by atoms with van der Waals surface area (Å²) in [5, 5.41) is 3.26. The summed E-state index contributed by atoms with van der Waals surface area (Å²) in [5.41, 5.74) is 1.08. The van der Waals surface area contributed by atoms with Crippen molar-refractivity contribution < 1.29 is 4.79 Å². The van der Waals surface area contributed by atoms with Gasteiger partial charge in [-0.3, -0.25) is 4.79 Å². The number of rotatable bonds is 3. The quantitative estimate of drug-likeness (QED) is 0.911. The van der Waals surface area contributed by atoms with Gasteiger partial charge in [0.1, 0.15) is 0 Å². The lowest BCUT2D eigenvalue weighted by Crippen LogP contribution is -2.47. The molecule has 0 bridgehead atoms. The fourth-order valence-corrected chi connectivity index (χ4v) is 2.59. The summed E-state index contributed by atoms with van der Waals surface area (Å²) in [6.45, 7) is 1.74. The van der Waals surface area contributed by atoms with Crippen LogP contribution in [0.2, 0.25) is 0 Å². The third-order valence-electron chi connectivity index (χ3n) is 3.45. The number of nitrogens with one attached hydrogen (secondary N) is 1. The summed E-state index contributed by atoms with van der Waals surface area (Å²) >= 11 is 3.40. The highest BCUT2D eigenvalue weighted by Gasteiger charge is 2.22. The van der Waals surface area contributed by atoms with Crippen LogP contribution in [0.3, 0.4) is 0 Å². The predicted molar refractivity (Wildman–Crippen MR) is 83.8 cm³/mol. The van der Waals surface area contributed by atoms with Gasteiger partial charge in [0, 0.05) is 23.6 Å². The minimum absolute atomic E-state index is 0. The molecule has 2 rings (SSSR count). The molecule has 1 amide bonds. The van der Waals surface area contributed by atoms with Gasteiger partial charge in [0.05, 0.1) is 6.42 Å². The lowest BCUT2D eigenvalue weighted by atomic mass is 10.0. The zero-order chi connectivity index (χ0) is 13.0. The van der Waals surface area contributed by atoms with Crippen LogP contribution in [0.4, 0.5) is 0 Å². The highest BCUT2D eigenvalue weighted by molar-refractivity contribution is 9.10. The number of benzene rings is 1. The van der Waals surface area contributed by atoms with Crippen molar-refractivity contribution in [1.29, 1.82) is 0 Å². The molecular weight excluding hydrogens is 328 g/mol. The van der Waals surface area contributed by atoms with Crippen LogP contribution in [0.5, 0.6) is 0 Å². The second-order valence-corrected chi connectivity index (χ2v) is 5.69. The first kappa shape index (κ1) is 16.5. The average molecular weight is 348 g/mol. The molecule has 1 saturated heterocycles. The molecule has 1 aliphatic rings. The smallest absolute Gasteiger partial charge is 0.227 e. The number of likely N-dealkylation sites (tertiary alicyclic amines) is 1. The first-order chi connectivity index (χ1) is 8.69. The number of nitrogens with zero attached hydrogens (tertiary/aromatic N) is 1. The Hall–Kier alpha value is -0.580. The van der Waals surface area contributed by atoms with Gasteiger partial charge in [-0.25, -0.2) is 0 Å². The molecule has 1 heterocycles. The molecule has 0 spiro atoms. The lowest BCUT2D eigenvalue weighted by molar-refractivity contribution is -0.131. The number of likely N-dealkylation sites (N-methyl/N-ethyl adjacent to an activating group) is 1. The largest absolute Gasteiger partial charge is 0.341 e. The fourth-order valence-electron chi connectivity index (χ4n) is 2.33. The minimum atomic E-state index is 0. The van der Waals surface area contributed by atoms with E-state index in [0.717, 1.165) is 29.5 Å². The zero-order valence-electron chi connectivity index (χ0n) is 11.1. The molecule has 19 heavy (non-hydrogen) atoms. The van der Waals surface area contributed by atoms with Gasteiger partial charge in [-0.2, -0.15) is 0 Å². The second kappa shape index (κ2) is 7.88. The van der Waals surface area contributed by atoms with E-state index in [1.54, 1.807) is 0 Å². The number of halogens is 2. The summed E-state index contributed by atoms with van der Waals surface area (Å²) in [6.07, 6.45) is 2.76. The topological polar surface area (TPSA) is 32.3 Å². The van der Waals surface area contributed by atoms with E-state index in [1.165, 1.54) is 6.42 Å². The Balaban J connectivity index is 0.00000180. The molecular formula is C14H20BrClN2O. The predicted octanol–water partition coefficient (Wildman–Crippen LogP) is 2.62. The minimum Gasteiger partial charge on any atom is -0.341 e. The fraction of sp³-hybridized carbons (Fsp3) is 0.500. The number of amides is 1. The summed E-state index contributed by atoms with van der Waals surface area (Å²) in [7, 11) is 1.97. The standard InChI is InChI=1S/C14H19BrN2O.ClH/c1-16-13-3-2-8-17(10-13)14(18)9-11-4-6-12(15)7-5-11;/h4-7,13,16H,2-3,8-10H2,1H3;1H. The van der Waals surface area contributed by atoms with Crippen LogP contribution < -0.4 is 5.32 Å². The van der Waals surface area contributed by atoms with Gasteiger partial charge in [-0.1, -0.05) is 28.1 Å². The van der Waals surface area contributed by atoms with Crippen molar-refractivity contribution in [3.63, 3.8) is 0 Å². The Morgan fingerprint density at radius 3 is 2.74 bits per heavy atom. The van der Waals surface area contributed by atoms with Crippen LogP contribution in [-0.2, 0) is 11.2 Å². The maximum atomic E-state index is 12.2. The van der Waals surface area contributed by atoms with Crippen molar-refractivity contribution in [2.24, 2.45) is 0 Å². The van der Waals surface area contributed by atoms with E-state index in [-0.39, 0.29) is 18.3 Å². The van der Waals surface area contributed by atoms with Crippen LogP contribution in [0, 0.1) is 0 Å². The molecule has 1 unspecified atom stereocenters. The number of hydrogen-bond acceptors (Lipinski definition) is 2. The summed E-state index contributed by atoms with van der Waals surface area (Å²) < 4.78 is 1.05. The van der Waals surface area contributed by atoms with Gasteiger partial charge in [0.15, 0.2) is 0 Å². The van der Waals surface area contributed by atoms with Gasteiger partial charge >= 0.3 is 0 Å². The van der Waals surface area contributed by atoms with Crippen molar-refractivity contribution in [2.45, 2.75) is 25.3 Å². The first-order valence-electron chi connectivity index (χ1n) is 6.38. The van der Waals surface area contributed by atoms with Gasteiger partial charge in [-0.05, 0) is 37.6 Å². The van der Waals surface area contributed by atoms with E-state index >= 15 is 0 Å². The molecule has 1 fully saturated rings. The molecule has 5 heteroatoms. The Bertz CT molecular complexity index is 410. The van der Waals surface area contributed by atoms with E-state index in [2.05, 4.69) is 21.2 Å². The Kier molecular flexibility index (Phi) is 6.83. The first-order valence-corrected chi connectivity index (χ1v) is 7.18. The average Bonchev–Trinajstić information content (AvgIpc) is 2.41. The molecule has 0 saturated carbocycles. The molecule has 0 aromatic heterocycles. The summed E-state index contributed by atoms with van der Waals surface area (Å²) in [4.78, 5) is 14.2. The Morgan fingerprint density at radius 1 is 1.42 bits per heavy atom. The van der Waals surface area contributed by atoms with Crippen LogP contribution in [0.25, 0.3) is 0 Å². The second-order valence-electron chi connectivity index (χ2n) is 4.77. The number of hydrogen-bond donors (Lipinski definition) is 1. The molecule has 0 radical (unpaired) electrons. The van der Waals surface area contributed by atoms with Crippen molar-refractivity contribution in [3.05, 3.63) is 34.3 Å². The molecule has 3 nitrogen and oxygen atoms in total. The molecule has 1 atom stereocenters. The Morgan fingerprint density at radius 2 is 2.11 bits per heavy atom. The van der Waals surface area contributed by atoms with Crippen molar-refractivity contribution in [1.82, 2.24) is 10.2 Å². The monoisotopic (exact) mass is 346 g/mol. The van der Waals surface area contributed by atoms with Crippen LogP contribution >= 0.6 is 28.3 Å². The van der Waals surface area contributed by atoms with Crippen molar-refractivity contribution in [3.8, 4) is 0 Å². The molecule has 1 aromatic rings. The molecule has 1 aliphatic heterocycles. The third kappa shape index (κ3) is 4.79. The van der Waals surface area contributed by atoms with Gasteiger partial charge < -0.3 is 10.2 Å². The molecule has 1 aromatic carbocycles. The van der Waals surface area contributed by atoms with Crippen LogP contribution in [-0.4, -0.2) is 37.0 Å². The Labute approximate surface area is 129 Å². The summed E-state index contributed by atoms with van der Waals surface area (Å²) in [5.74, 6) is 0.234. The maximum absolute atomic E-state index is 12.2. The highest BCUT2D eigenvalue weighted by atomic mass is 79.9. The normalized spacial score (nSPS) is 18.8. The number of carbonyl (C=O) groups excluding carboxylic acids is 1. The lowest BCUT2D eigenvalue weighted by Gasteiger charge is -2.32. The van der Waals surface area contributed by atoms with E-state index in [9.17, 15) is 4.79 Å². The van der Waals surface area contributed by atoms with E-state index in [1.807, 2.05) is 36.2 Å². The molecule has 0 aliphatic carbocycles.